The van der Waals surface area contributed by atoms with Gasteiger partial charge >= 0.3 is 0 Å². The maximum atomic E-state index is 10.4. The van der Waals surface area contributed by atoms with Crippen LogP contribution in [0.2, 0.25) is 0 Å². The molecule has 2 fully saturated rings. The summed E-state index contributed by atoms with van der Waals surface area (Å²) in [5, 5.41) is 14.2. The Labute approximate surface area is 113 Å². The van der Waals surface area contributed by atoms with Crippen LogP contribution in [0.1, 0.15) is 72.1 Å². The van der Waals surface area contributed by atoms with Crippen LogP contribution in [0.3, 0.4) is 0 Å². The van der Waals surface area contributed by atoms with E-state index in [2.05, 4.69) is 26.1 Å². The highest BCUT2D eigenvalue weighted by atomic mass is 16.3. The molecule has 106 valence electrons. The predicted molar refractivity (Wildman–Crippen MR) is 76.6 cm³/mol. The Hall–Kier alpha value is -0.0800. The molecule has 2 nitrogen and oxygen atoms in total. The summed E-state index contributed by atoms with van der Waals surface area (Å²) in [6, 6.07) is 0.614. The van der Waals surface area contributed by atoms with Gasteiger partial charge in [-0.05, 0) is 37.0 Å². The van der Waals surface area contributed by atoms with Crippen LogP contribution in [0, 0.1) is 11.3 Å². The average Bonchev–Trinajstić information content (AvgIpc) is 2.73. The average molecular weight is 253 g/mol. The largest absolute Gasteiger partial charge is 0.389 e. The summed E-state index contributed by atoms with van der Waals surface area (Å²) in [4.78, 5) is 0. The minimum Gasteiger partial charge on any atom is -0.389 e. The van der Waals surface area contributed by atoms with Crippen molar-refractivity contribution in [1.82, 2.24) is 5.32 Å². The van der Waals surface area contributed by atoms with E-state index in [0.717, 1.165) is 25.3 Å². The number of nitrogens with one attached hydrogen (secondary N) is 1. The van der Waals surface area contributed by atoms with E-state index >= 15 is 0 Å². The van der Waals surface area contributed by atoms with Gasteiger partial charge in [-0.25, -0.2) is 0 Å². The molecule has 2 unspecified atom stereocenters. The first-order valence-corrected chi connectivity index (χ1v) is 7.87. The maximum Gasteiger partial charge on any atom is 0.0771 e. The van der Waals surface area contributed by atoms with Gasteiger partial charge < -0.3 is 10.4 Å². The normalized spacial score (nSPS) is 32.7. The Balaban J connectivity index is 1.89. The zero-order valence-corrected chi connectivity index (χ0v) is 12.5. The molecule has 0 aromatic heterocycles. The quantitative estimate of drug-likeness (QED) is 0.807. The molecule has 2 atom stereocenters. The Kier molecular flexibility index (Phi) is 4.38. The zero-order valence-electron chi connectivity index (χ0n) is 12.5. The fourth-order valence-electron chi connectivity index (χ4n) is 3.94. The van der Waals surface area contributed by atoms with Crippen molar-refractivity contribution in [2.24, 2.45) is 11.3 Å². The van der Waals surface area contributed by atoms with Crippen molar-refractivity contribution in [3.05, 3.63) is 0 Å². The van der Waals surface area contributed by atoms with Crippen molar-refractivity contribution in [2.45, 2.75) is 83.8 Å². The lowest BCUT2D eigenvalue weighted by atomic mass is 9.69. The molecule has 18 heavy (non-hydrogen) atoms. The summed E-state index contributed by atoms with van der Waals surface area (Å²) in [5.41, 5.74) is -0.0176. The molecule has 2 aliphatic carbocycles. The standard InChI is InChI=1S/C16H31NO/c1-15(2,3)13-8-4-5-9-14(13)17-12-16(18)10-6-7-11-16/h13-14,17-18H,4-12H2,1-3H3. The van der Waals surface area contributed by atoms with Crippen LogP contribution in [0.4, 0.5) is 0 Å². The third kappa shape index (κ3) is 3.48. The summed E-state index contributed by atoms with van der Waals surface area (Å²) in [6.45, 7) is 7.90. The van der Waals surface area contributed by atoms with Crippen molar-refractivity contribution >= 4 is 0 Å². The Morgan fingerprint density at radius 3 is 2.28 bits per heavy atom. The monoisotopic (exact) mass is 253 g/mol. The first kappa shape index (κ1) is 14.3. The van der Waals surface area contributed by atoms with Crippen LogP contribution in [-0.4, -0.2) is 23.3 Å². The van der Waals surface area contributed by atoms with E-state index in [4.69, 9.17) is 0 Å². The smallest absolute Gasteiger partial charge is 0.0771 e. The van der Waals surface area contributed by atoms with E-state index < -0.39 is 5.60 Å². The van der Waals surface area contributed by atoms with Crippen molar-refractivity contribution in [3.8, 4) is 0 Å². The third-order valence-electron chi connectivity index (χ3n) is 5.11. The molecular formula is C16H31NO. The van der Waals surface area contributed by atoms with Crippen LogP contribution >= 0.6 is 0 Å². The van der Waals surface area contributed by atoms with Gasteiger partial charge in [-0.3, -0.25) is 0 Å². The molecule has 0 amide bonds. The second-order valence-electron chi connectivity index (χ2n) is 7.68. The third-order valence-corrected chi connectivity index (χ3v) is 5.11. The Morgan fingerprint density at radius 1 is 1.06 bits per heavy atom. The molecule has 2 heteroatoms. The Morgan fingerprint density at radius 2 is 1.67 bits per heavy atom. The molecule has 0 spiro atoms. The highest BCUT2D eigenvalue weighted by Gasteiger charge is 2.36. The van der Waals surface area contributed by atoms with E-state index in [1.165, 1.54) is 38.5 Å². The molecular weight excluding hydrogens is 222 g/mol. The first-order chi connectivity index (χ1) is 8.41. The van der Waals surface area contributed by atoms with E-state index in [9.17, 15) is 5.11 Å². The number of hydrogen-bond donors (Lipinski definition) is 2. The van der Waals surface area contributed by atoms with Gasteiger partial charge in [0, 0.05) is 12.6 Å². The molecule has 0 bridgehead atoms. The fourth-order valence-corrected chi connectivity index (χ4v) is 3.94. The molecule has 2 aliphatic rings. The molecule has 2 N–H and O–H groups in total. The lowest BCUT2D eigenvalue weighted by Crippen LogP contribution is -2.49. The number of hydrogen-bond acceptors (Lipinski definition) is 2. The van der Waals surface area contributed by atoms with Crippen LogP contribution in [0.15, 0.2) is 0 Å². The van der Waals surface area contributed by atoms with Crippen molar-refractivity contribution in [3.63, 3.8) is 0 Å². The van der Waals surface area contributed by atoms with Crippen LogP contribution in [0.5, 0.6) is 0 Å². The van der Waals surface area contributed by atoms with Crippen molar-refractivity contribution in [1.29, 1.82) is 0 Å². The van der Waals surface area contributed by atoms with Crippen LogP contribution in [0.25, 0.3) is 0 Å². The van der Waals surface area contributed by atoms with E-state index in [-0.39, 0.29) is 0 Å². The van der Waals surface area contributed by atoms with Gasteiger partial charge in [0.2, 0.25) is 0 Å². The second-order valence-corrected chi connectivity index (χ2v) is 7.68. The van der Waals surface area contributed by atoms with Crippen LogP contribution < -0.4 is 5.32 Å². The molecule has 0 aromatic carbocycles. The molecule has 0 heterocycles. The predicted octanol–water partition coefficient (Wildman–Crippen LogP) is 3.49. The summed E-state index contributed by atoms with van der Waals surface area (Å²) < 4.78 is 0. The summed E-state index contributed by atoms with van der Waals surface area (Å²) in [7, 11) is 0. The summed E-state index contributed by atoms with van der Waals surface area (Å²) in [5.74, 6) is 0.760. The minimum absolute atomic E-state index is 0.385. The van der Waals surface area contributed by atoms with Crippen molar-refractivity contribution < 1.29 is 5.11 Å². The summed E-state index contributed by atoms with van der Waals surface area (Å²) in [6.07, 6.45) is 9.75. The lowest BCUT2D eigenvalue weighted by molar-refractivity contribution is 0.0335. The zero-order chi connectivity index (χ0) is 13.2. The van der Waals surface area contributed by atoms with E-state index in [1.807, 2.05) is 0 Å². The minimum atomic E-state index is -0.403. The van der Waals surface area contributed by atoms with Crippen molar-refractivity contribution in [2.75, 3.05) is 6.54 Å². The number of aliphatic hydroxyl groups is 1. The lowest BCUT2D eigenvalue weighted by Gasteiger charge is -2.42. The molecule has 0 saturated heterocycles. The molecule has 0 aromatic rings. The maximum absolute atomic E-state index is 10.4. The molecule has 2 saturated carbocycles. The van der Waals surface area contributed by atoms with Gasteiger partial charge in [0.25, 0.3) is 0 Å². The topological polar surface area (TPSA) is 32.3 Å². The molecule has 2 rings (SSSR count). The Bertz CT molecular complexity index is 263. The molecule has 0 radical (unpaired) electrons. The van der Waals surface area contributed by atoms with E-state index in [0.29, 0.717) is 11.5 Å². The highest BCUT2D eigenvalue weighted by molar-refractivity contribution is 4.92. The van der Waals surface area contributed by atoms with E-state index in [1.54, 1.807) is 0 Å². The van der Waals surface area contributed by atoms with Gasteiger partial charge in [-0.1, -0.05) is 46.5 Å². The number of rotatable bonds is 3. The summed E-state index contributed by atoms with van der Waals surface area (Å²) >= 11 is 0. The highest BCUT2D eigenvalue weighted by Crippen LogP contribution is 2.38. The van der Waals surface area contributed by atoms with Gasteiger partial charge in [0.1, 0.15) is 0 Å². The van der Waals surface area contributed by atoms with Gasteiger partial charge in [0.05, 0.1) is 5.60 Å². The van der Waals surface area contributed by atoms with Gasteiger partial charge in [-0.15, -0.1) is 0 Å². The van der Waals surface area contributed by atoms with Gasteiger partial charge in [-0.2, -0.15) is 0 Å². The molecule has 0 aliphatic heterocycles. The SMILES string of the molecule is CC(C)(C)C1CCCCC1NCC1(O)CCCC1. The van der Waals surface area contributed by atoms with Gasteiger partial charge in [0.15, 0.2) is 0 Å². The fraction of sp³-hybridized carbons (Fsp3) is 1.00. The first-order valence-electron chi connectivity index (χ1n) is 7.87. The van der Waals surface area contributed by atoms with Crippen LogP contribution in [-0.2, 0) is 0 Å². The second kappa shape index (κ2) is 5.50.